The van der Waals surface area contributed by atoms with Crippen LogP contribution < -0.4 is 15.2 Å². The first kappa shape index (κ1) is 26.7. The number of alkyl halides is 3. The number of halogens is 6. The SMILES string of the molecule is Nc1nccc(-c2cccnc2Oc2cc(F)c(NS(=O)(=O)Cc3ccccc3C(F)(F)F)c(F)c2F)n1. The summed E-state index contributed by atoms with van der Waals surface area (Å²) in [6.45, 7) is 0. The molecule has 0 saturated carbocycles. The maximum absolute atomic E-state index is 14.8. The minimum Gasteiger partial charge on any atom is -0.435 e. The first-order chi connectivity index (χ1) is 17.9. The molecular weight excluding hydrogens is 540 g/mol. The standard InChI is InChI=1S/C23H15F6N5O3S/c24-15-10-17(37-21-13(5-3-8-31-21)16-7-9-32-22(30)33-16)18(25)19(26)20(15)34-38(35,36)11-12-4-1-2-6-14(12)23(27,28)29/h1-10,34H,11H2,(H2,30,32,33). The summed E-state index contributed by atoms with van der Waals surface area (Å²) in [4.78, 5) is 11.6. The van der Waals surface area contributed by atoms with Gasteiger partial charge in [-0.1, -0.05) is 18.2 Å². The van der Waals surface area contributed by atoms with Gasteiger partial charge in [0.25, 0.3) is 0 Å². The van der Waals surface area contributed by atoms with E-state index >= 15 is 0 Å². The molecule has 2 aromatic carbocycles. The molecular formula is C23H15F6N5O3S. The number of anilines is 2. The van der Waals surface area contributed by atoms with Gasteiger partial charge in [0.2, 0.25) is 27.7 Å². The normalized spacial score (nSPS) is 11.8. The number of ether oxygens (including phenoxy) is 1. The van der Waals surface area contributed by atoms with E-state index in [1.165, 1.54) is 35.3 Å². The summed E-state index contributed by atoms with van der Waals surface area (Å²) in [7, 11) is -4.83. The number of pyridine rings is 1. The van der Waals surface area contributed by atoms with Gasteiger partial charge in [-0.15, -0.1) is 0 Å². The molecule has 8 nitrogen and oxygen atoms in total. The molecule has 0 aliphatic carbocycles. The number of nitrogen functional groups attached to an aromatic ring is 1. The molecule has 38 heavy (non-hydrogen) atoms. The molecule has 0 radical (unpaired) electrons. The van der Waals surface area contributed by atoms with Crippen LogP contribution in [0.2, 0.25) is 0 Å². The number of nitrogens with one attached hydrogen (secondary N) is 1. The third-order valence-corrected chi connectivity index (χ3v) is 6.19. The third kappa shape index (κ3) is 5.77. The number of hydrogen-bond acceptors (Lipinski definition) is 7. The molecule has 0 saturated heterocycles. The zero-order chi connectivity index (χ0) is 27.7. The van der Waals surface area contributed by atoms with Crippen molar-refractivity contribution < 1.29 is 39.5 Å². The van der Waals surface area contributed by atoms with Gasteiger partial charge in [0.1, 0.15) is 5.69 Å². The lowest BCUT2D eigenvalue weighted by Gasteiger charge is -2.16. The summed E-state index contributed by atoms with van der Waals surface area (Å²) in [6.07, 6.45) is -2.31. The average molecular weight is 555 g/mol. The summed E-state index contributed by atoms with van der Waals surface area (Å²) in [5, 5.41) is 0. The zero-order valence-corrected chi connectivity index (χ0v) is 19.6. The summed E-state index contributed by atoms with van der Waals surface area (Å²) < 4.78 is 116. The lowest BCUT2D eigenvalue weighted by Crippen LogP contribution is -2.20. The summed E-state index contributed by atoms with van der Waals surface area (Å²) >= 11 is 0. The second-order valence-electron chi connectivity index (χ2n) is 7.63. The van der Waals surface area contributed by atoms with Crippen molar-refractivity contribution in [3.63, 3.8) is 0 Å². The Balaban J connectivity index is 1.64. The molecule has 0 spiro atoms. The van der Waals surface area contributed by atoms with Crippen LogP contribution in [0.4, 0.5) is 38.0 Å². The van der Waals surface area contributed by atoms with Gasteiger partial charge >= 0.3 is 6.18 Å². The maximum Gasteiger partial charge on any atom is 0.416 e. The maximum atomic E-state index is 14.8. The molecule has 4 rings (SSSR count). The van der Waals surface area contributed by atoms with Crippen LogP contribution in [-0.4, -0.2) is 23.4 Å². The predicted octanol–water partition coefficient (Wildman–Crippen LogP) is 5.29. The van der Waals surface area contributed by atoms with E-state index in [0.29, 0.717) is 12.1 Å². The van der Waals surface area contributed by atoms with Gasteiger partial charge in [0.05, 0.1) is 22.6 Å². The molecule has 0 amide bonds. The third-order valence-electron chi connectivity index (χ3n) is 4.98. The Bertz CT molecular complexity index is 1620. The van der Waals surface area contributed by atoms with Gasteiger partial charge in [0, 0.05) is 18.5 Å². The molecule has 0 aliphatic heterocycles. The van der Waals surface area contributed by atoms with Gasteiger partial charge < -0.3 is 10.5 Å². The predicted molar refractivity (Wildman–Crippen MR) is 124 cm³/mol. The Morgan fingerprint density at radius 1 is 0.947 bits per heavy atom. The van der Waals surface area contributed by atoms with E-state index in [1.807, 2.05) is 0 Å². The van der Waals surface area contributed by atoms with Crippen molar-refractivity contribution in [3.8, 4) is 22.9 Å². The Kier molecular flexibility index (Phi) is 7.13. The van der Waals surface area contributed by atoms with E-state index in [1.54, 1.807) is 0 Å². The van der Waals surface area contributed by atoms with Crippen LogP contribution in [-0.2, 0) is 22.0 Å². The lowest BCUT2D eigenvalue weighted by atomic mass is 10.1. The van der Waals surface area contributed by atoms with Crippen LogP contribution in [0.15, 0.2) is 60.9 Å². The van der Waals surface area contributed by atoms with Crippen molar-refractivity contribution in [2.75, 3.05) is 10.5 Å². The minimum absolute atomic E-state index is 0.102. The summed E-state index contributed by atoms with van der Waals surface area (Å²) in [6, 6.07) is 8.46. The van der Waals surface area contributed by atoms with Crippen molar-refractivity contribution in [1.82, 2.24) is 15.0 Å². The number of rotatable bonds is 7. The highest BCUT2D eigenvalue weighted by atomic mass is 32.2. The molecule has 15 heteroatoms. The fourth-order valence-corrected chi connectivity index (χ4v) is 4.59. The van der Waals surface area contributed by atoms with Crippen LogP contribution in [0.5, 0.6) is 11.6 Å². The van der Waals surface area contributed by atoms with Crippen LogP contribution >= 0.6 is 0 Å². The molecule has 2 aromatic heterocycles. The Hall–Kier alpha value is -4.40. The monoisotopic (exact) mass is 555 g/mol. The quantitative estimate of drug-likeness (QED) is 0.235. The number of sulfonamides is 1. The molecule has 0 unspecified atom stereocenters. The Morgan fingerprint density at radius 2 is 1.68 bits per heavy atom. The van der Waals surface area contributed by atoms with Crippen LogP contribution in [0, 0.1) is 17.5 Å². The van der Waals surface area contributed by atoms with Gasteiger partial charge in [-0.25, -0.2) is 32.2 Å². The Labute approximate surface area is 211 Å². The summed E-state index contributed by atoms with van der Waals surface area (Å²) in [5.74, 6) is -8.09. The second kappa shape index (κ2) is 10.2. The van der Waals surface area contributed by atoms with Gasteiger partial charge in [0.15, 0.2) is 17.4 Å². The topological polar surface area (TPSA) is 120 Å². The number of hydrogen-bond donors (Lipinski definition) is 2. The van der Waals surface area contributed by atoms with Crippen molar-refractivity contribution in [2.24, 2.45) is 0 Å². The van der Waals surface area contributed by atoms with E-state index in [4.69, 9.17) is 10.5 Å². The molecule has 0 bridgehead atoms. The molecule has 0 aliphatic rings. The van der Waals surface area contributed by atoms with E-state index < -0.39 is 62.0 Å². The summed E-state index contributed by atoms with van der Waals surface area (Å²) in [5.41, 5.74) is 2.54. The lowest BCUT2D eigenvalue weighted by molar-refractivity contribution is -0.138. The molecule has 0 atom stereocenters. The minimum atomic E-state index is -4.88. The molecule has 0 fully saturated rings. The highest BCUT2D eigenvalue weighted by Gasteiger charge is 2.34. The highest BCUT2D eigenvalue weighted by Crippen LogP contribution is 2.36. The molecule has 3 N–H and O–H groups in total. The zero-order valence-electron chi connectivity index (χ0n) is 18.8. The Morgan fingerprint density at radius 3 is 2.39 bits per heavy atom. The smallest absolute Gasteiger partial charge is 0.416 e. The molecule has 2 heterocycles. The van der Waals surface area contributed by atoms with Crippen LogP contribution in [0.3, 0.4) is 0 Å². The average Bonchev–Trinajstić information content (AvgIpc) is 2.85. The van der Waals surface area contributed by atoms with Gasteiger partial charge in [-0.05, 0) is 29.8 Å². The number of aromatic nitrogens is 3. The fourth-order valence-electron chi connectivity index (χ4n) is 3.36. The second-order valence-corrected chi connectivity index (χ2v) is 9.36. The van der Waals surface area contributed by atoms with Crippen LogP contribution in [0.1, 0.15) is 11.1 Å². The van der Waals surface area contributed by atoms with Crippen molar-refractivity contribution >= 4 is 21.7 Å². The number of benzene rings is 2. The van der Waals surface area contributed by atoms with Crippen LogP contribution in [0.25, 0.3) is 11.3 Å². The van der Waals surface area contributed by atoms with Crippen molar-refractivity contribution in [2.45, 2.75) is 11.9 Å². The number of nitrogens with two attached hydrogens (primary N) is 1. The van der Waals surface area contributed by atoms with Gasteiger partial charge in [-0.2, -0.15) is 17.6 Å². The first-order valence-electron chi connectivity index (χ1n) is 10.4. The molecule has 4 aromatic rings. The van der Waals surface area contributed by atoms with Gasteiger partial charge in [-0.3, -0.25) is 4.72 Å². The largest absolute Gasteiger partial charge is 0.435 e. The van der Waals surface area contributed by atoms with Crippen molar-refractivity contribution in [1.29, 1.82) is 0 Å². The van der Waals surface area contributed by atoms with Crippen molar-refractivity contribution in [3.05, 3.63) is 89.5 Å². The highest BCUT2D eigenvalue weighted by molar-refractivity contribution is 7.91. The van der Waals surface area contributed by atoms with E-state index in [2.05, 4.69) is 15.0 Å². The van der Waals surface area contributed by atoms with E-state index in [-0.39, 0.29) is 23.1 Å². The fraction of sp³-hybridized carbons (Fsp3) is 0.0870. The van der Waals surface area contributed by atoms with E-state index in [0.717, 1.165) is 18.2 Å². The number of nitrogens with zero attached hydrogens (tertiary/aromatic N) is 3. The van der Waals surface area contributed by atoms with E-state index in [9.17, 15) is 34.8 Å². The molecule has 198 valence electrons. The first-order valence-corrected chi connectivity index (χ1v) is 12.1.